The van der Waals surface area contributed by atoms with E-state index in [1.165, 1.54) is 11.8 Å². The number of amides is 2. The molecular weight excluding hydrogens is 504 g/mol. The molecule has 0 unspecified atom stereocenters. The van der Waals surface area contributed by atoms with Gasteiger partial charge in [0.1, 0.15) is 11.8 Å². The van der Waals surface area contributed by atoms with Crippen LogP contribution in [0.2, 0.25) is 5.02 Å². The highest BCUT2D eigenvalue weighted by Gasteiger charge is 2.30. The largest absolute Gasteiger partial charge is 0.497 e. The number of carbonyl (C=O) groups excluding carboxylic acids is 2. The van der Waals surface area contributed by atoms with Gasteiger partial charge in [0.15, 0.2) is 0 Å². The molecule has 7 heteroatoms. The monoisotopic (exact) mass is 538 g/mol. The standard InChI is InChI=1S/C30H35ClN2O3S/c1-22(2)18-32-30(35)28(17-23-8-5-4-6-9-23)33(19-25-10-7-11-27(16-25)36-3)29(34)21-37-20-24-12-14-26(31)15-13-24/h4-16,22,28H,17-21H2,1-3H3,(H,32,35)/t28-/m0/s1. The molecule has 0 aliphatic carbocycles. The van der Waals surface area contributed by atoms with Gasteiger partial charge in [-0.2, -0.15) is 0 Å². The first kappa shape index (κ1) is 28.6. The summed E-state index contributed by atoms with van der Waals surface area (Å²) in [6.45, 7) is 4.97. The second kappa shape index (κ2) is 14.7. The predicted molar refractivity (Wildman–Crippen MR) is 153 cm³/mol. The lowest BCUT2D eigenvalue weighted by molar-refractivity contribution is -0.139. The molecule has 0 aromatic heterocycles. The van der Waals surface area contributed by atoms with E-state index in [1.54, 1.807) is 12.0 Å². The Kier molecular flexibility index (Phi) is 11.4. The summed E-state index contributed by atoms with van der Waals surface area (Å²) in [6.07, 6.45) is 0.433. The first-order chi connectivity index (χ1) is 17.9. The molecule has 3 rings (SSSR count). The van der Waals surface area contributed by atoms with Crippen LogP contribution >= 0.6 is 23.4 Å². The van der Waals surface area contributed by atoms with Gasteiger partial charge in [0, 0.05) is 30.3 Å². The number of carbonyl (C=O) groups is 2. The second-order valence-corrected chi connectivity index (χ2v) is 10.8. The minimum absolute atomic E-state index is 0.0811. The average molecular weight is 539 g/mol. The van der Waals surface area contributed by atoms with E-state index in [0.29, 0.717) is 42.0 Å². The number of benzene rings is 3. The van der Waals surface area contributed by atoms with Crippen molar-refractivity contribution >= 4 is 35.2 Å². The van der Waals surface area contributed by atoms with E-state index in [1.807, 2.05) is 78.9 Å². The van der Waals surface area contributed by atoms with E-state index >= 15 is 0 Å². The topological polar surface area (TPSA) is 58.6 Å². The Balaban J connectivity index is 1.85. The molecule has 3 aromatic carbocycles. The fraction of sp³-hybridized carbons (Fsp3) is 0.333. The van der Waals surface area contributed by atoms with Crippen LogP contribution < -0.4 is 10.1 Å². The van der Waals surface area contributed by atoms with E-state index in [4.69, 9.17) is 16.3 Å². The van der Waals surface area contributed by atoms with Crippen LogP contribution in [-0.2, 0) is 28.3 Å². The molecule has 1 atom stereocenters. The van der Waals surface area contributed by atoms with Crippen molar-refractivity contribution in [3.8, 4) is 5.75 Å². The summed E-state index contributed by atoms with van der Waals surface area (Å²) in [4.78, 5) is 28.9. The van der Waals surface area contributed by atoms with Gasteiger partial charge in [0.2, 0.25) is 11.8 Å². The molecule has 37 heavy (non-hydrogen) atoms. The zero-order valence-electron chi connectivity index (χ0n) is 21.7. The van der Waals surface area contributed by atoms with Crippen molar-refractivity contribution in [1.82, 2.24) is 10.2 Å². The molecule has 1 N–H and O–H groups in total. The molecule has 0 saturated heterocycles. The molecule has 0 radical (unpaired) electrons. The van der Waals surface area contributed by atoms with Gasteiger partial charge in [-0.05, 0) is 46.9 Å². The number of nitrogens with one attached hydrogen (secondary N) is 1. The first-order valence-electron chi connectivity index (χ1n) is 12.4. The number of hydrogen-bond donors (Lipinski definition) is 1. The van der Waals surface area contributed by atoms with Gasteiger partial charge in [0.05, 0.1) is 12.9 Å². The molecule has 0 aliphatic rings. The van der Waals surface area contributed by atoms with E-state index in [9.17, 15) is 9.59 Å². The van der Waals surface area contributed by atoms with Crippen molar-refractivity contribution in [3.63, 3.8) is 0 Å². The molecule has 2 amide bonds. The Morgan fingerprint density at radius 3 is 2.32 bits per heavy atom. The van der Waals surface area contributed by atoms with Crippen molar-refractivity contribution in [3.05, 3.63) is 101 Å². The highest BCUT2D eigenvalue weighted by molar-refractivity contribution is 7.99. The van der Waals surface area contributed by atoms with Crippen LogP contribution in [0.3, 0.4) is 0 Å². The van der Waals surface area contributed by atoms with E-state index in [-0.39, 0.29) is 17.6 Å². The van der Waals surface area contributed by atoms with Crippen LogP contribution in [0.1, 0.15) is 30.5 Å². The van der Waals surface area contributed by atoms with Crippen LogP contribution in [-0.4, -0.2) is 42.2 Å². The van der Waals surface area contributed by atoms with Crippen molar-refractivity contribution in [2.75, 3.05) is 19.4 Å². The highest BCUT2D eigenvalue weighted by Crippen LogP contribution is 2.21. The minimum Gasteiger partial charge on any atom is -0.497 e. The summed E-state index contributed by atoms with van der Waals surface area (Å²) in [7, 11) is 1.62. The number of methoxy groups -OCH3 is 1. The Morgan fingerprint density at radius 2 is 1.65 bits per heavy atom. The number of thioether (sulfide) groups is 1. The third-order valence-corrected chi connectivity index (χ3v) is 7.09. The normalized spacial score (nSPS) is 11.7. The van der Waals surface area contributed by atoms with Gasteiger partial charge >= 0.3 is 0 Å². The Hall–Kier alpha value is -2.96. The zero-order chi connectivity index (χ0) is 26.6. The second-order valence-electron chi connectivity index (χ2n) is 9.34. The molecule has 0 bridgehead atoms. The summed E-state index contributed by atoms with van der Waals surface area (Å²) in [6, 6.07) is 24.5. The van der Waals surface area contributed by atoms with Gasteiger partial charge in [-0.3, -0.25) is 9.59 Å². The van der Waals surface area contributed by atoms with E-state index in [0.717, 1.165) is 16.7 Å². The maximum Gasteiger partial charge on any atom is 0.243 e. The maximum absolute atomic E-state index is 13.7. The fourth-order valence-corrected chi connectivity index (χ4v) is 4.86. The molecule has 0 heterocycles. The lowest BCUT2D eigenvalue weighted by atomic mass is 10.0. The minimum atomic E-state index is -0.643. The lowest BCUT2D eigenvalue weighted by Crippen LogP contribution is -2.51. The van der Waals surface area contributed by atoms with Crippen LogP contribution in [0.5, 0.6) is 5.75 Å². The smallest absolute Gasteiger partial charge is 0.243 e. The summed E-state index contributed by atoms with van der Waals surface area (Å²) >= 11 is 7.53. The third kappa shape index (κ3) is 9.45. The van der Waals surface area contributed by atoms with Crippen molar-refractivity contribution < 1.29 is 14.3 Å². The molecule has 0 aliphatic heterocycles. The molecule has 3 aromatic rings. The van der Waals surface area contributed by atoms with Crippen LogP contribution in [0.25, 0.3) is 0 Å². The summed E-state index contributed by atoms with van der Waals surface area (Å²) < 4.78 is 5.39. The predicted octanol–water partition coefficient (Wildman–Crippen LogP) is 5.99. The van der Waals surface area contributed by atoms with Gasteiger partial charge in [-0.15, -0.1) is 11.8 Å². The first-order valence-corrected chi connectivity index (χ1v) is 13.9. The zero-order valence-corrected chi connectivity index (χ0v) is 23.2. The summed E-state index contributed by atoms with van der Waals surface area (Å²) in [5.74, 6) is 1.73. The average Bonchev–Trinajstić information content (AvgIpc) is 2.91. The fourth-order valence-electron chi connectivity index (χ4n) is 3.86. The molecule has 196 valence electrons. The summed E-state index contributed by atoms with van der Waals surface area (Å²) in [5, 5.41) is 3.74. The van der Waals surface area contributed by atoms with E-state index < -0.39 is 6.04 Å². The van der Waals surface area contributed by atoms with Crippen LogP contribution in [0.4, 0.5) is 0 Å². The molecule has 0 fully saturated rings. The number of ether oxygens (including phenoxy) is 1. The number of rotatable bonds is 13. The van der Waals surface area contributed by atoms with Gasteiger partial charge in [-0.1, -0.05) is 80.0 Å². The SMILES string of the molecule is COc1cccc(CN(C(=O)CSCc2ccc(Cl)cc2)[C@@H](Cc2ccccc2)C(=O)NCC(C)C)c1. The lowest BCUT2D eigenvalue weighted by Gasteiger charge is -2.32. The number of hydrogen-bond acceptors (Lipinski definition) is 4. The molecular formula is C30H35ClN2O3S. The third-order valence-electron chi connectivity index (χ3n) is 5.85. The van der Waals surface area contributed by atoms with Gasteiger partial charge in [-0.25, -0.2) is 0 Å². The Labute approximate surface area is 229 Å². The van der Waals surface area contributed by atoms with Crippen molar-refractivity contribution in [2.45, 2.75) is 38.6 Å². The Bertz CT molecular complexity index is 1140. The van der Waals surface area contributed by atoms with Crippen molar-refractivity contribution in [1.29, 1.82) is 0 Å². The highest BCUT2D eigenvalue weighted by atomic mass is 35.5. The Morgan fingerprint density at radius 1 is 0.946 bits per heavy atom. The van der Waals surface area contributed by atoms with Crippen LogP contribution in [0, 0.1) is 5.92 Å². The quantitative estimate of drug-likeness (QED) is 0.290. The van der Waals surface area contributed by atoms with Gasteiger partial charge < -0.3 is 15.0 Å². The van der Waals surface area contributed by atoms with Crippen LogP contribution in [0.15, 0.2) is 78.9 Å². The maximum atomic E-state index is 13.7. The number of halogens is 1. The van der Waals surface area contributed by atoms with E-state index in [2.05, 4.69) is 19.2 Å². The molecule has 0 spiro atoms. The molecule has 0 saturated carbocycles. The van der Waals surface area contributed by atoms with Crippen molar-refractivity contribution in [2.24, 2.45) is 5.92 Å². The number of nitrogens with zero attached hydrogens (tertiary/aromatic N) is 1. The summed E-state index contributed by atoms with van der Waals surface area (Å²) in [5.41, 5.74) is 3.01. The van der Waals surface area contributed by atoms with Gasteiger partial charge in [0.25, 0.3) is 0 Å². The molecule has 5 nitrogen and oxygen atoms in total.